The first-order chi connectivity index (χ1) is 11.5. The number of hydrogen-bond acceptors (Lipinski definition) is 4. The minimum absolute atomic E-state index is 0.125. The molecule has 0 atom stereocenters. The lowest BCUT2D eigenvalue weighted by molar-refractivity contribution is 0.0600. The van der Waals surface area contributed by atoms with E-state index in [2.05, 4.69) is 9.72 Å². The zero-order valence-electron chi connectivity index (χ0n) is 13.3. The van der Waals surface area contributed by atoms with Crippen molar-refractivity contribution in [1.82, 2.24) is 9.55 Å². The molecule has 0 unspecified atom stereocenters. The second-order valence-electron chi connectivity index (χ2n) is 5.56. The number of carbonyl (C=O) groups is 1. The highest BCUT2D eigenvalue weighted by Crippen LogP contribution is 2.09. The van der Waals surface area contributed by atoms with Gasteiger partial charge in [-0.1, -0.05) is 23.8 Å². The number of nitrogens with one attached hydrogen (secondary N) is 1. The summed E-state index contributed by atoms with van der Waals surface area (Å²) in [5, 5.41) is 0.473. The Balaban J connectivity index is 2.02. The Kier molecular flexibility index (Phi) is 4.04. The lowest BCUT2D eigenvalue weighted by atomic mass is 10.1. The molecule has 3 aromatic rings. The third kappa shape index (κ3) is 2.86. The quantitative estimate of drug-likeness (QED) is 0.745. The molecule has 0 aliphatic rings. The highest BCUT2D eigenvalue weighted by molar-refractivity contribution is 5.89. The van der Waals surface area contributed by atoms with Gasteiger partial charge in [-0.15, -0.1) is 0 Å². The Bertz CT molecular complexity index is 1030. The van der Waals surface area contributed by atoms with Crippen molar-refractivity contribution >= 4 is 16.9 Å². The molecule has 0 bridgehead atoms. The van der Waals surface area contributed by atoms with Crippen LogP contribution in [0.2, 0.25) is 0 Å². The predicted molar refractivity (Wildman–Crippen MR) is 90.4 cm³/mol. The molecule has 0 aliphatic heterocycles. The summed E-state index contributed by atoms with van der Waals surface area (Å²) >= 11 is 0. The summed E-state index contributed by atoms with van der Waals surface area (Å²) < 4.78 is 5.79. The van der Waals surface area contributed by atoms with Crippen LogP contribution in [-0.4, -0.2) is 22.6 Å². The minimum Gasteiger partial charge on any atom is -0.465 e. The molecule has 3 rings (SSSR count). The Morgan fingerprint density at radius 2 is 1.83 bits per heavy atom. The molecule has 2 aromatic carbocycles. The first kappa shape index (κ1) is 15.7. The van der Waals surface area contributed by atoms with E-state index in [1.165, 1.54) is 7.11 Å². The molecule has 0 radical (unpaired) electrons. The van der Waals surface area contributed by atoms with E-state index in [4.69, 9.17) is 0 Å². The normalized spacial score (nSPS) is 10.8. The van der Waals surface area contributed by atoms with Gasteiger partial charge in [-0.25, -0.2) is 9.59 Å². The second kappa shape index (κ2) is 6.16. The molecule has 0 aliphatic carbocycles. The fourth-order valence-corrected chi connectivity index (χ4v) is 2.55. The predicted octanol–water partition coefficient (Wildman–Crippen LogP) is 1.83. The molecule has 1 aromatic heterocycles. The largest absolute Gasteiger partial charge is 0.465 e. The van der Waals surface area contributed by atoms with Gasteiger partial charge in [0.15, 0.2) is 0 Å². The summed E-state index contributed by atoms with van der Waals surface area (Å²) in [6.45, 7) is 2.01. The van der Waals surface area contributed by atoms with E-state index in [9.17, 15) is 14.4 Å². The molecule has 0 fully saturated rings. The van der Waals surface area contributed by atoms with Gasteiger partial charge >= 0.3 is 11.7 Å². The topological polar surface area (TPSA) is 81.2 Å². The van der Waals surface area contributed by atoms with Crippen LogP contribution in [0, 0.1) is 6.92 Å². The fraction of sp³-hybridized carbons (Fsp3) is 0.167. The first-order valence-corrected chi connectivity index (χ1v) is 7.40. The molecule has 122 valence electrons. The number of nitrogens with zero attached hydrogens (tertiary/aromatic N) is 1. The number of aromatic amines is 1. The van der Waals surface area contributed by atoms with E-state index in [0.29, 0.717) is 16.5 Å². The second-order valence-corrected chi connectivity index (χ2v) is 5.56. The van der Waals surface area contributed by atoms with Crippen LogP contribution in [0.4, 0.5) is 0 Å². The van der Waals surface area contributed by atoms with Crippen LogP contribution in [0.5, 0.6) is 0 Å². The van der Waals surface area contributed by atoms with Gasteiger partial charge in [0.25, 0.3) is 5.56 Å². The van der Waals surface area contributed by atoms with Gasteiger partial charge < -0.3 is 9.72 Å². The zero-order chi connectivity index (χ0) is 17.3. The lowest BCUT2D eigenvalue weighted by Crippen LogP contribution is -2.35. The van der Waals surface area contributed by atoms with Gasteiger partial charge in [0.2, 0.25) is 0 Å². The zero-order valence-corrected chi connectivity index (χ0v) is 13.3. The molecule has 1 heterocycles. The average molecular weight is 324 g/mol. The number of aryl methyl sites for hydroxylation is 1. The maximum atomic E-state index is 12.6. The molecular weight excluding hydrogens is 308 g/mol. The van der Waals surface area contributed by atoms with Crippen LogP contribution in [-0.2, 0) is 11.3 Å². The molecule has 0 amide bonds. The number of rotatable bonds is 3. The van der Waals surface area contributed by atoms with E-state index in [1.54, 1.807) is 36.4 Å². The fourth-order valence-electron chi connectivity index (χ4n) is 2.55. The Morgan fingerprint density at radius 1 is 1.12 bits per heavy atom. The van der Waals surface area contributed by atoms with Crippen molar-refractivity contribution < 1.29 is 9.53 Å². The van der Waals surface area contributed by atoms with Crippen LogP contribution in [0.25, 0.3) is 10.9 Å². The van der Waals surface area contributed by atoms with Gasteiger partial charge in [0.1, 0.15) is 0 Å². The van der Waals surface area contributed by atoms with Crippen LogP contribution >= 0.6 is 0 Å². The maximum absolute atomic E-state index is 12.6. The third-order valence-electron chi connectivity index (χ3n) is 3.85. The minimum atomic E-state index is -0.464. The molecule has 0 spiro atoms. The smallest absolute Gasteiger partial charge is 0.337 e. The Labute approximate surface area is 137 Å². The van der Waals surface area contributed by atoms with Gasteiger partial charge in [-0.3, -0.25) is 9.36 Å². The van der Waals surface area contributed by atoms with E-state index in [1.807, 2.05) is 13.0 Å². The molecule has 0 saturated carbocycles. The maximum Gasteiger partial charge on any atom is 0.337 e. The highest BCUT2D eigenvalue weighted by atomic mass is 16.5. The summed E-state index contributed by atoms with van der Waals surface area (Å²) in [6, 6.07) is 11.9. The van der Waals surface area contributed by atoms with Gasteiger partial charge in [-0.05, 0) is 36.8 Å². The van der Waals surface area contributed by atoms with Crippen molar-refractivity contribution in [1.29, 1.82) is 0 Å². The van der Waals surface area contributed by atoms with E-state index >= 15 is 0 Å². The molecule has 6 heteroatoms. The summed E-state index contributed by atoms with van der Waals surface area (Å²) in [5.41, 5.74) is 1.82. The van der Waals surface area contributed by atoms with E-state index in [0.717, 1.165) is 15.7 Å². The van der Waals surface area contributed by atoms with Gasteiger partial charge in [0, 0.05) is 0 Å². The third-order valence-corrected chi connectivity index (χ3v) is 3.85. The van der Waals surface area contributed by atoms with Crippen molar-refractivity contribution in [2.24, 2.45) is 0 Å². The van der Waals surface area contributed by atoms with Crippen molar-refractivity contribution in [3.8, 4) is 0 Å². The average Bonchev–Trinajstić information content (AvgIpc) is 2.59. The number of H-pyrrole nitrogens is 1. The number of hydrogen-bond donors (Lipinski definition) is 1. The lowest BCUT2D eigenvalue weighted by Gasteiger charge is -2.08. The van der Waals surface area contributed by atoms with Gasteiger partial charge in [0.05, 0.1) is 30.1 Å². The first-order valence-electron chi connectivity index (χ1n) is 7.40. The molecule has 24 heavy (non-hydrogen) atoms. The number of benzene rings is 2. The Morgan fingerprint density at radius 3 is 2.50 bits per heavy atom. The number of carbonyl (C=O) groups excluding carboxylic acids is 1. The van der Waals surface area contributed by atoms with E-state index < -0.39 is 11.7 Å². The number of fused-ring (bicyclic) bond motifs is 1. The Hall–Kier alpha value is -3.15. The molecule has 6 nitrogen and oxygen atoms in total. The van der Waals surface area contributed by atoms with E-state index in [-0.39, 0.29) is 12.1 Å². The van der Waals surface area contributed by atoms with Crippen LogP contribution in [0.1, 0.15) is 21.5 Å². The standard InChI is InChI=1S/C18H16N2O4/c1-11-3-8-15-14(9-11)16(21)20(18(23)19-15)10-12-4-6-13(7-5-12)17(22)24-2/h3-9H,10H2,1-2H3,(H,19,23). The van der Waals surface area contributed by atoms with Crippen LogP contribution in [0.15, 0.2) is 52.1 Å². The van der Waals surface area contributed by atoms with Crippen LogP contribution < -0.4 is 11.2 Å². The molecule has 0 saturated heterocycles. The van der Waals surface area contributed by atoms with Crippen molar-refractivity contribution in [3.05, 3.63) is 80.0 Å². The highest BCUT2D eigenvalue weighted by Gasteiger charge is 2.09. The summed E-state index contributed by atoms with van der Waals surface area (Å²) in [6.07, 6.45) is 0. The number of esters is 1. The van der Waals surface area contributed by atoms with Crippen molar-refractivity contribution in [3.63, 3.8) is 0 Å². The molecular formula is C18H16N2O4. The van der Waals surface area contributed by atoms with Crippen LogP contribution in [0.3, 0.4) is 0 Å². The van der Waals surface area contributed by atoms with Crippen molar-refractivity contribution in [2.75, 3.05) is 7.11 Å². The van der Waals surface area contributed by atoms with Crippen molar-refractivity contribution in [2.45, 2.75) is 13.5 Å². The monoisotopic (exact) mass is 324 g/mol. The summed E-state index contributed by atoms with van der Waals surface area (Å²) in [4.78, 5) is 39.0. The molecule has 1 N–H and O–H groups in total. The SMILES string of the molecule is COC(=O)c1ccc(Cn2c(=O)[nH]c3ccc(C)cc3c2=O)cc1. The summed E-state index contributed by atoms with van der Waals surface area (Å²) in [7, 11) is 1.31. The number of ether oxygens (including phenoxy) is 1. The summed E-state index contributed by atoms with van der Waals surface area (Å²) in [5.74, 6) is -0.433. The van der Waals surface area contributed by atoms with Gasteiger partial charge in [-0.2, -0.15) is 0 Å². The number of aromatic nitrogens is 2. The number of methoxy groups -OCH3 is 1.